The lowest BCUT2D eigenvalue weighted by molar-refractivity contribution is -0.384. The summed E-state index contributed by atoms with van der Waals surface area (Å²) in [5, 5.41) is 10.7. The van der Waals surface area contributed by atoms with E-state index in [1.165, 1.54) is 72.8 Å². The lowest BCUT2D eigenvalue weighted by Gasteiger charge is -2.05. The molecule has 148 valence electrons. The molecule has 0 radical (unpaired) electrons. The Morgan fingerprint density at radius 1 is 1.03 bits per heavy atom. The fraction of sp³-hybridized carbons (Fsp3) is 0. The third-order valence-corrected chi connectivity index (χ3v) is 4.33. The number of hydrogen-bond donors (Lipinski definition) is 0. The van der Waals surface area contributed by atoms with Gasteiger partial charge in [-0.15, -0.1) is 0 Å². The number of nitro groups is 1. The molecule has 1 aliphatic rings. The summed E-state index contributed by atoms with van der Waals surface area (Å²) in [4.78, 5) is 34.9. The molecule has 0 unspecified atom stereocenters. The number of fused-ring (bicyclic) bond motifs is 1. The largest absolute Gasteiger partial charge is 0.452 e. The van der Waals surface area contributed by atoms with E-state index in [9.17, 15) is 24.1 Å². The molecule has 1 aliphatic heterocycles. The molecule has 0 saturated heterocycles. The predicted octanol–water partition coefficient (Wildman–Crippen LogP) is 4.57. The zero-order valence-corrected chi connectivity index (χ0v) is 15.2. The summed E-state index contributed by atoms with van der Waals surface area (Å²) in [6.07, 6.45) is 1.49. The van der Waals surface area contributed by atoms with Gasteiger partial charge in [0.15, 0.2) is 5.76 Å². The molecule has 0 atom stereocenters. The first kappa shape index (κ1) is 19.0. The maximum Gasteiger partial charge on any atom is 0.343 e. The summed E-state index contributed by atoms with van der Waals surface area (Å²) in [6, 6.07) is 14.9. The Kier molecular flexibility index (Phi) is 4.81. The first-order valence-corrected chi connectivity index (χ1v) is 8.71. The number of carbonyl (C=O) groups is 2. The molecule has 0 bridgehead atoms. The number of rotatable bonds is 4. The van der Waals surface area contributed by atoms with Gasteiger partial charge in [0.2, 0.25) is 5.78 Å². The summed E-state index contributed by atoms with van der Waals surface area (Å²) in [6.45, 7) is 0. The van der Waals surface area contributed by atoms with Gasteiger partial charge in [0, 0.05) is 18.2 Å². The van der Waals surface area contributed by atoms with Crippen LogP contribution in [0.25, 0.3) is 6.08 Å². The zero-order valence-electron chi connectivity index (χ0n) is 15.2. The fourth-order valence-corrected chi connectivity index (χ4v) is 2.83. The van der Waals surface area contributed by atoms with E-state index in [2.05, 4.69) is 0 Å². The van der Waals surface area contributed by atoms with Gasteiger partial charge < -0.3 is 9.47 Å². The van der Waals surface area contributed by atoms with Crippen LogP contribution in [0, 0.1) is 15.9 Å². The fourth-order valence-electron chi connectivity index (χ4n) is 2.83. The molecule has 4 rings (SSSR count). The molecule has 3 aromatic carbocycles. The molecule has 0 amide bonds. The van der Waals surface area contributed by atoms with Crippen LogP contribution in [0.3, 0.4) is 0 Å². The first-order valence-electron chi connectivity index (χ1n) is 8.71. The maximum atomic E-state index is 13.0. The van der Waals surface area contributed by atoms with E-state index < -0.39 is 16.7 Å². The van der Waals surface area contributed by atoms with Crippen molar-refractivity contribution in [2.75, 3.05) is 0 Å². The Balaban J connectivity index is 1.51. The molecule has 7 nitrogen and oxygen atoms in total. The minimum Gasteiger partial charge on any atom is -0.452 e. The Bertz CT molecular complexity index is 1200. The lowest BCUT2D eigenvalue weighted by Crippen LogP contribution is -2.08. The van der Waals surface area contributed by atoms with E-state index in [0.29, 0.717) is 11.1 Å². The van der Waals surface area contributed by atoms with Gasteiger partial charge in [0.05, 0.1) is 16.1 Å². The highest BCUT2D eigenvalue weighted by atomic mass is 19.1. The topological polar surface area (TPSA) is 95.7 Å². The van der Waals surface area contributed by atoms with Crippen LogP contribution in [0.2, 0.25) is 0 Å². The predicted molar refractivity (Wildman–Crippen MR) is 104 cm³/mol. The van der Waals surface area contributed by atoms with Gasteiger partial charge in [-0.3, -0.25) is 14.9 Å². The highest BCUT2D eigenvalue weighted by Gasteiger charge is 2.28. The summed E-state index contributed by atoms with van der Waals surface area (Å²) in [5.41, 5.74) is 0.891. The van der Waals surface area contributed by atoms with Crippen LogP contribution in [0.1, 0.15) is 26.3 Å². The lowest BCUT2D eigenvalue weighted by atomic mass is 10.1. The smallest absolute Gasteiger partial charge is 0.343 e. The van der Waals surface area contributed by atoms with Crippen molar-refractivity contribution in [2.45, 2.75) is 0 Å². The normalized spacial score (nSPS) is 13.6. The maximum absolute atomic E-state index is 13.0. The van der Waals surface area contributed by atoms with Crippen LogP contribution in [0.5, 0.6) is 11.5 Å². The van der Waals surface area contributed by atoms with Gasteiger partial charge in [-0.05, 0) is 48.0 Å². The van der Waals surface area contributed by atoms with Gasteiger partial charge in [0.1, 0.15) is 17.3 Å². The van der Waals surface area contributed by atoms with Crippen LogP contribution in [0.4, 0.5) is 10.1 Å². The van der Waals surface area contributed by atoms with Crippen molar-refractivity contribution in [3.05, 3.63) is 105 Å². The summed E-state index contributed by atoms with van der Waals surface area (Å²) in [7, 11) is 0. The molecule has 30 heavy (non-hydrogen) atoms. The second kappa shape index (κ2) is 7.59. The van der Waals surface area contributed by atoms with Gasteiger partial charge in [0.25, 0.3) is 5.69 Å². The van der Waals surface area contributed by atoms with Gasteiger partial charge in [-0.1, -0.05) is 12.1 Å². The number of carbonyl (C=O) groups excluding carboxylic acids is 2. The number of esters is 1. The number of hydrogen-bond acceptors (Lipinski definition) is 6. The van der Waals surface area contributed by atoms with Crippen molar-refractivity contribution in [3.8, 4) is 11.5 Å². The Hall–Kier alpha value is -4.33. The van der Waals surface area contributed by atoms with Crippen molar-refractivity contribution in [1.82, 2.24) is 0 Å². The first-order chi connectivity index (χ1) is 14.4. The van der Waals surface area contributed by atoms with Crippen LogP contribution < -0.4 is 9.47 Å². The standard InChI is InChI=1S/C22H12FNO6/c23-15-5-1-13(2-6-15)11-20-21(25)18-10-9-17(12-19(18)30-20)29-22(26)14-3-7-16(8-4-14)24(27)28/h1-12H. The minimum absolute atomic E-state index is 0.0652. The third kappa shape index (κ3) is 3.79. The summed E-state index contributed by atoms with van der Waals surface area (Å²) >= 11 is 0. The average molecular weight is 405 g/mol. The molecule has 0 aliphatic carbocycles. The molecule has 3 aromatic rings. The van der Waals surface area contributed by atoms with E-state index >= 15 is 0 Å². The molecule has 8 heteroatoms. The van der Waals surface area contributed by atoms with Crippen LogP contribution in [0.15, 0.2) is 72.5 Å². The molecule has 0 fully saturated rings. The molecule has 0 N–H and O–H groups in total. The second-order valence-electron chi connectivity index (χ2n) is 6.34. The third-order valence-electron chi connectivity index (χ3n) is 4.33. The number of benzene rings is 3. The van der Waals surface area contributed by atoms with Crippen molar-refractivity contribution in [1.29, 1.82) is 0 Å². The van der Waals surface area contributed by atoms with Crippen LogP contribution in [-0.4, -0.2) is 16.7 Å². The van der Waals surface area contributed by atoms with Gasteiger partial charge in [-0.2, -0.15) is 0 Å². The highest BCUT2D eigenvalue weighted by Crippen LogP contribution is 2.35. The summed E-state index contributed by atoms with van der Waals surface area (Å²) in [5.74, 6) is -1.01. The monoisotopic (exact) mass is 405 g/mol. The van der Waals surface area contributed by atoms with E-state index in [0.717, 1.165) is 0 Å². The summed E-state index contributed by atoms with van der Waals surface area (Å²) < 4.78 is 23.9. The molecule has 1 heterocycles. The molecular weight excluding hydrogens is 393 g/mol. The van der Waals surface area contributed by atoms with E-state index in [-0.39, 0.29) is 34.3 Å². The van der Waals surface area contributed by atoms with Crippen molar-refractivity contribution >= 4 is 23.5 Å². The number of non-ortho nitro benzene ring substituents is 1. The number of ether oxygens (including phenoxy) is 2. The SMILES string of the molecule is O=C(Oc1ccc2c(c1)OC(=Cc1ccc(F)cc1)C2=O)c1ccc([N+](=O)[O-])cc1. The van der Waals surface area contributed by atoms with E-state index in [1.54, 1.807) is 0 Å². The average Bonchev–Trinajstić information content (AvgIpc) is 3.04. The van der Waals surface area contributed by atoms with Crippen molar-refractivity contribution in [3.63, 3.8) is 0 Å². The Morgan fingerprint density at radius 3 is 2.40 bits per heavy atom. The number of allylic oxidation sites excluding steroid dienone is 1. The quantitative estimate of drug-likeness (QED) is 0.207. The number of Topliss-reactive ketones (excluding diaryl/α,β-unsaturated/α-hetero) is 1. The highest BCUT2D eigenvalue weighted by molar-refractivity contribution is 6.14. The molecule has 0 spiro atoms. The minimum atomic E-state index is -0.712. The Morgan fingerprint density at radius 2 is 1.73 bits per heavy atom. The second-order valence-corrected chi connectivity index (χ2v) is 6.34. The number of ketones is 1. The van der Waals surface area contributed by atoms with Crippen LogP contribution in [-0.2, 0) is 0 Å². The molecular formula is C22H12FNO6. The van der Waals surface area contributed by atoms with Crippen molar-refractivity contribution in [2.24, 2.45) is 0 Å². The van der Waals surface area contributed by atoms with Gasteiger partial charge >= 0.3 is 5.97 Å². The Labute approximate surface area is 169 Å². The number of nitro benzene ring substituents is 1. The molecule has 0 aromatic heterocycles. The number of nitrogens with zero attached hydrogens (tertiary/aromatic N) is 1. The van der Waals surface area contributed by atoms with E-state index in [1.807, 2.05) is 0 Å². The van der Waals surface area contributed by atoms with E-state index in [4.69, 9.17) is 9.47 Å². The molecule has 0 saturated carbocycles. The van der Waals surface area contributed by atoms with Crippen LogP contribution >= 0.6 is 0 Å². The van der Waals surface area contributed by atoms with Crippen molar-refractivity contribution < 1.29 is 28.4 Å². The zero-order chi connectivity index (χ0) is 21.3. The number of halogens is 1. The van der Waals surface area contributed by atoms with Gasteiger partial charge in [-0.25, -0.2) is 9.18 Å².